The highest BCUT2D eigenvalue weighted by molar-refractivity contribution is 5.91. The second kappa shape index (κ2) is 5.72. The van der Waals surface area contributed by atoms with E-state index in [-0.39, 0.29) is 22.5 Å². The minimum Gasteiger partial charge on any atom is -0.477 e. The quantitative estimate of drug-likeness (QED) is 0.817. The maximum atomic E-state index is 12.4. The van der Waals surface area contributed by atoms with Crippen LogP contribution >= 0.6 is 0 Å². The van der Waals surface area contributed by atoms with Crippen molar-refractivity contribution in [3.63, 3.8) is 0 Å². The van der Waals surface area contributed by atoms with Gasteiger partial charge in [-0.3, -0.25) is 4.79 Å². The molecule has 8 heteroatoms. The number of carboxylic acids is 1. The van der Waals surface area contributed by atoms with E-state index in [4.69, 9.17) is 11.0 Å². The van der Waals surface area contributed by atoms with Crippen LogP contribution < -0.4 is 15.6 Å². The van der Waals surface area contributed by atoms with Gasteiger partial charge in [0.1, 0.15) is 11.2 Å². The number of carbonyl (C=O) groups is 1. The number of anilines is 1. The molecule has 3 rings (SSSR count). The summed E-state index contributed by atoms with van der Waals surface area (Å²) in [6, 6.07) is 0. The van der Waals surface area contributed by atoms with Crippen LogP contribution in [0.5, 0.6) is 0 Å². The maximum absolute atomic E-state index is 12.4. The molecular weight excluding hydrogens is 286 g/mol. The second-order valence-corrected chi connectivity index (χ2v) is 4.30. The summed E-state index contributed by atoms with van der Waals surface area (Å²) in [5, 5.41) is 10.7. The van der Waals surface area contributed by atoms with Crippen LogP contribution in [0.4, 0.5) is 5.95 Å². The van der Waals surface area contributed by atoms with Crippen LogP contribution in [0.15, 0.2) is 17.2 Å². The number of fused-ring (bicyclic) bond motifs is 1. The molecule has 0 radical (unpaired) electrons. The zero-order valence-electron chi connectivity index (χ0n) is 19.4. The van der Waals surface area contributed by atoms with Crippen LogP contribution in [0.2, 0.25) is 0 Å². The largest absolute Gasteiger partial charge is 0.477 e. The minimum absolute atomic E-state index is 0.135. The summed E-state index contributed by atoms with van der Waals surface area (Å²) in [7, 11) is 0. The number of piperazine rings is 1. The normalized spacial score (nSPS) is 29.8. The molecule has 0 saturated carbocycles. The summed E-state index contributed by atoms with van der Waals surface area (Å²) in [5.41, 5.74) is -1.57. The van der Waals surface area contributed by atoms with Crippen molar-refractivity contribution in [2.75, 3.05) is 30.9 Å². The Bertz CT molecular complexity index is 1080. The monoisotopic (exact) mass is 311 g/mol. The number of aromatic carboxylic acids is 1. The SMILES string of the molecule is [2H]C1([2H])NC([2H])([2H])C([2H])([2H])N(c2ncc3c(=O)c(C(=O)O)cn(CC)c3n2)C1([2H])[2H]. The van der Waals surface area contributed by atoms with Crippen molar-refractivity contribution in [3.8, 4) is 0 Å². The van der Waals surface area contributed by atoms with Crippen molar-refractivity contribution in [1.29, 1.82) is 0 Å². The average molecular weight is 311 g/mol. The van der Waals surface area contributed by atoms with Crippen LogP contribution in [0.3, 0.4) is 0 Å². The van der Waals surface area contributed by atoms with E-state index in [0.717, 1.165) is 12.4 Å². The average Bonchev–Trinajstić information content (AvgIpc) is 2.59. The van der Waals surface area contributed by atoms with Gasteiger partial charge in [-0.15, -0.1) is 0 Å². The van der Waals surface area contributed by atoms with E-state index in [9.17, 15) is 14.7 Å². The Morgan fingerprint density at radius 2 is 2.23 bits per heavy atom. The number of pyridine rings is 1. The van der Waals surface area contributed by atoms with Crippen molar-refractivity contribution in [2.45, 2.75) is 13.5 Å². The first kappa shape index (κ1) is 7.68. The van der Waals surface area contributed by atoms with E-state index >= 15 is 0 Å². The Labute approximate surface area is 137 Å². The van der Waals surface area contributed by atoms with E-state index in [0.29, 0.717) is 0 Å². The number of aryl methyl sites for hydroxylation is 1. The predicted molar refractivity (Wildman–Crippen MR) is 81.5 cm³/mol. The molecule has 2 N–H and O–H groups in total. The summed E-state index contributed by atoms with van der Waals surface area (Å²) in [5.74, 6) is -2.18. The second-order valence-electron chi connectivity index (χ2n) is 4.30. The molecule has 1 aliphatic rings. The lowest BCUT2D eigenvalue weighted by Gasteiger charge is -2.27. The highest BCUT2D eigenvalue weighted by Gasteiger charge is 2.18. The number of hydrogen-bond acceptors (Lipinski definition) is 6. The first-order valence-electron chi connectivity index (χ1n) is 10.3. The van der Waals surface area contributed by atoms with Crippen molar-refractivity contribution in [2.24, 2.45) is 0 Å². The molecule has 2 aromatic rings. The van der Waals surface area contributed by atoms with E-state index in [2.05, 4.69) is 9.97 Å². The molecule has 0 spiro atoms. The zero-order chi connectivity index (χ0) is 22.9. The lowest BCUT2D eigenvalue weighted by Crippen LogP contribution is -2.44. The van der Waals surface area contributed by atoms with E-state index in [1.54, 1.807) is 12.2 Å². The first-order chi connectivity index (χ1) is 13.6. The fraction of sp³-hybridized carbons (Fsp3) is 0.429. The molecule has 2 aromatic heterocycles. The number of nitrogens with one attached hydrogen (secondary N) is 1. The fourth-order valence-corrected chi connectivity index (χ4v) is 1.99. The topological polar surface area (TPSA) is 100 Å². The Hall–Kier alpha value is -2.48. The van der Waals surface area contributed by atoms with Gasteiger partial charge >= 0.3 is 5.97 Å². The van der Waals surface area contributed by atoms with Gasteiger partial charge in [0.25, 0.3) is 0 Å². The molecule has 116 valence electrons. The summed E-state index contributed by atoms with van der Waals surface area (Å²) >= 11 is 0. The Balaban J connectivity index is 2.33. The third kappa shape index (κ3) is 2.41. The standard InChI is InChI=1S/C14H17N5O3/c1-2-18-8-10(13(21)22)11(20)9-7-16-14(17-12(9)18)19-5-3-15-4-6-19/h7-8,15H,2-6H2,1H3,(H,21,22)/i3D2,4D2,5D2,6D2. The number of aromatic nitrogens is 3. The molecule has 0 aromatic carbocycles. The molecule has 0 atom stereocenters. The van der Waals surface area contributed by atoms with Crippen molar-refractivity contribution in [3.05, 3.63) is 28.2 Å². The van der Waals surface area contributed by atoms with E-state index in [1.165, 1.54) is 4.57 Å². The Kier molecular flexibility index (Phi) is 2.00. The lowest BCUT2D eigenvalue weighted by molar-refractivity contribution is 0.0695. The number of hydrogen-bond donors (Lipinski definition) is 2. The van der Waals surface area contributed by atoms with Gasteiger partial charge in [0, 0.05) is 50.4 Å². The van der Waals surface area contributed by atoms with Crippen LogP contribution in [0.25, 0.3) is 11.0 Å². The van der Waals surface area contributed by atoms with Gasteiger partial charge in [0.15, 0.2) is 0 Å². The smallest absolute Gasteiger partial charge is 0.341 e. The van der Waals surface area contributed by atoms with Crippen LogP contribution in [0, 0.1) is 0 Å². The van der Waals surface area contributed by atoms with Gasteiger partial charge in [-0.1, -0.05) is 0 Å². The predicted octanol–water partition coefficient (Wildman–Crippen LogP) is -0.0808. The van der Waals surface area contributed by atoms with E-state index in [1.807, 2.05) is 0 Å². The number of rotatable bonds is 3. The lowest BCUT2D eigenvalue weighted by atomic mass is 10.2. The molecule has 1 saturated heterocycles. The van der Waals surface area contributed by atoms with Crippen molar-refractivity contribution >= 4 is 23.0 Å². The summed E-state index contributed by atoms with van der Waals surface area (Å²) in [6.45, 7) is -10.6. The highest BCUT2D eigenvalue weighted by Crippen LogP contribution is 2.14. The number of nitrogens with zero attached hydrogens (tertiary/aromatic N) is 4. The summed E-state index contributed by atoms with van der Waals surface area (Å²) in [4.78, 5) is 31.6. The minimum atomic E-state index is -3.14. The molecule has 0 unspecified atom stereocenters. The van der Waals surface area contributed by atoms with Crippen molar-refractivity contribution in [1.82, 2.24) is 19.9 Å². The molecule has 3 heterocycles. The highest BCUT2D eigenvalue weighted by atomic mass is 16.4. The molecule has 8 nitrogen and oxygen atoms in total. The summed E-state index contributed by atoms with van der Waals surface area (Å²) < 4.78 is 65.1. The third-order valence-electron chi connectivity index (χ3n) is 3.03. The maximum Gasteiger partial charge on any atom is 0.341 e. The summed E-state index contributed by atoms with van der Waals surface area (Å²) in [6.07, 6.45) is 1.92. The van der Waals surface area contributed by atoms with Gasteiger partial charge in [-0.25, -0.2) is 9.78 Å². The van der Waals surface area contributed by atoms with Gasteiger partial charge < -0.3 is 19.9 Å². The molecular formula is C14H17N5O3. The Morgan fingerprint density at radius 3 is 2.86 bits per heavy atom. The zero-order valence-corrected chi connectivity index (χ0v) is 11.4. The first-order valence-corrected chi connectivity index (χ1v) is 6.31. The fourth-order valence-electron chi connectivity index (χ4n) is 1.99. The van der Waals surface area contributed by atoms with Crippen LogP contribution in [0.1, 0.15) is 28.2 Å². The van der Waals surface area contributed by atoms with Crippen molar-refractivity contribution < 1.29 is 20.9 Å². The van der Waals surface area contributed by atoms with Gasteiger partial charge in [0.2, 0.25) is 11.4 Å². The van der Waals surface area contributed by atoms with Gasteiger partial charge in [-0.05, 0) is 6.92 Å². The Morgan fingerprint density at radius 1 is 1.50 bits per heavy atom. The molecule has 22 heavy (non-hydrogen) atoms. The van der Waals surface area contributed by atoms with Gasteiger partial charge in [-0.2, -0.15) is 4.98 Å². The number of carboxylic acid groups (broad SMARTS) is 1. The van der Waals surface area contributed by atoms with E-state index < -0.39 is 48.9 Å². The van der Waals surface area contributed by atoms with Crippen LogP contribution in [-0.2, 0) is 6.54 Å². The third-order valence-corrected chi connectivity index (χ3v) is 3.03. The van der Waals surface area contributed by atoms with Gasteiger partial charge in [0.05, 0.1) is 10.9 Å². The van der Waals surface area contributed by atoms with Crippen LogP contribution in [-0.4, -0.2) is 51.6 Å². The molecule has 0 aliphatic carbocycles. The molecule has 0 amide bonds. The molecule has 0 bridgehead atoms. The molecule has 1 aliphatic heterocycles. The molecule has 1 fully saturated rings.